The molecule has 2 aliphatic carbocycles. The molecule has 0 unspecified atom stereocenters. The van der Waals surface area contributed by atoms with Crippen LogP contribution in [0.5, 0.6) is 5.75 Å². The van der Waals surface area contributed by atoms with Crippen LogP contribution in [0.3, 0.4) is 0 Å². The second-order valence-electron chi connectivity index (χ2n) is 8.78. The number of carbonyl (C=O) groups is 2. The fraction of sp³-hybridized carbons (Fsp3) is 0.652. The van der Waals surface area contributed by atoms with Crippen molar-refractivity contribution < 1.29 is 19.1 Å². The van der Waals surface area contributed by atoms with E-state index in [1.54, 1.807) is 7.11 Å². The minimum atomic E-state index is -0.458. The molecule has 0 aromatic heterocycles. The Kier molecular flexibility index (Phi) is 5.74. The van der Waals surface area contributed by atoms with Crippen molar-refractivity contribution in [1.82, 2.24) is 0 Å². The van der Waals surface area contributed by atoms with E-state index in [1.807, 2.05) is 6.92 Å². The third-order valence-corrected chi connectivity index (χ3v) is 7.08. The molecule has 1 N–H and O–H groups in total. The fourth-order valence-electron chi connectivity index (χ4n) is 5.68. The number of ether oxygens (including phenoxy) is 2. The molecule has 1 fully saturated rings. The number of hydrogen-bond donors (Lipinski definition) is 1. The maximum absolute atomic E-state index is 12.7. The minimum Gasteiger partial charge on any atom is -0.495 e. The van der Waals surface area contributed by atoms with Gasteiger partial charge in [0.05, 0.1) is 25.3 Å². The number of fused-ring (bicyclic) bond motifs is 3. The molecule has 5 nitrogen and oxygen atoms in total. The van der Waals surface area contributed by atoms with E-state index in [2.05, 4.69) is 31.3 Å². The summed E-state index contributed by atoms with van der Waals surface area (Å²) in [6, 6.07) is 4.17. The third kappa shape index (κ3) is 3.29. The van der Waals surface area contributed by atoms with Gasteiger partial charge in [0, 0.05) is 6.42 Å². The van der Waals surface area contributed by atoms with Crippen molar-refractivity contribution in [3.63, 3.8) is 0 Å². The predicted octanol–water partition coefficient (Wildman–Crippen LogP) is 4.62. The van der Waals surface area contributed by atoms with Crippen LogP contribution < -0.4 is 10.1 Å². The van der Waals surface area contributed by atoms with E-state index in [1.165, 1.54) is 18.2 Å². The molecule has 1 aromatic carbocycles. The third-order valence-electron chi connectivity index (χ3n) is 7.08. The Morgan fingerprint density at radius 1 is 1.21 bits per heavy atom. The topological polar surface area (TPSA) is 64.6 Å². The highest BCUT2D eigenvalue weighted by atomic mass is 16.5. The maximum Gasteiger partial charge on any atom is 0.311 e. The molecule has 3 atom stereocenters. The van der Waals surface area contributed by atoms with Gasteiger partial charge in [-0.3, -0.25) is 9.59 Å². The first-order valence-corrected chi connectivity index (χ1v) is 10.4. The highest BCUT2D eigenvalue weighted by Crippen LogP contribution is 2.58. The zero-order valence-corrected chi connectivity index (χ0v) is 17.8. The summed E-state index contributed by atoms with van der Waals surface area (Å²) in [4.78, 5) is 24.8. The van der Waals surface area contributed by atoms with Gasteiger partial charge in [-0.05, 0) is 73.6 Å². The summed E-state index contributed by atoms with van der Waals surface area (Å²) in [5.74, 6) is 0.841. The van der Waals surface area contributed by atoms with Crippen molar-refractivity contribution in [2.45, 2.75) is 71.1 Å². The van der Waals surface area contributed by atoms with E-state index < -0.39 is 5.41 Å². The average Bonchev–Trinajstić information content (AvgIpc) is 2.66. The molecule has 28 heavy (non-hydrogen) atoms. The van der Waals surface area contributed by atoms with Crippen LogP contribution in [0, 0.1) is 11.3 Å². The number of esters is 1. The van der Waals surface area contributed by atoms with Gasteiger partial charge in [-0.15, -0.1) is 0 Å². The molecule has 5 heteroatoms. The number of methoxy groups -OCH3 is 2. The molecule has 3 rings (SSSR count). The molecule has 1 amide bonds. The van der Waals surface area contributed by atoms with Crippen LogP contribution >= 0.6 is 0 Å². The van der Waals surface area contributed by atoms with E-state index >= 15 is 0 Å². The van der Waals surface area contributed by atoms with Gasteiger partial charge in [-0.2, -0.15) is 0 Å². The smallest absolute Gasteiger partial charge is 0.311 e. The zero-order chi connectivity index (χ0) is 20.5. The number of anilines is 1. The molecule has 0 heterocycles. The van der Waals surface area contributed by atoms with Gasteiger partial charge in [0.25, 0.3) is 0 Å². The Morgan fingerprint density at radius 2 is 1.96 bits per heavy atom. The molecule has 1 saturated carbocycles. The average molecular weight is 388 g/mol. The first-order chi connectivity index (χ1) is 13.3. The number of amides is 1. The Balaban J connectivity index is 2.03. The summed E-state index contributed by atoms with van der Waals surface area (Å²) in [5.41, 5.74) is 2.69. The van der Waals surface area contributed by atoms with E-state index in [0.717, 1.165) is 44.2 Å². The molecule has 0 radical (unpaired) electrons. The Bertz CT molecular complexity index is 774. The van der Waals surface area contributed by atoms with Crippen LogP contribution in [0.25, 0.3) is 0 Å². The van der Waals surface area contributed by atoms with Gasteiger partial charge in [-0.25, -0.2) is 0 Å². The summed E-state index contributed by atoms with van der Waals surface area (Å²) in [5, 5.41) is 3.00. The zero-order valence-electron chi connectivity index (χ0n) is 17.8. The lowest BCUT2D eigenvalue weighted by Crippen LogP contribution is -2.52. The number of carbonyl (C=O) groups excluding carboxylic acids is 2. The largest absolute Gasteiger partial charge is 0.495 e. The van der Waals surface area contributed by atoms with Gasteiger partial charge in [0.15, 0.2) is 0 Å². The van der Waals surface area contributed by atoms with Crippen LogP contribution in [-0.4, -0.2) is 26.1 Å². The SMILES string of the molecule is CCCC(=O)Nc1cc2c(cc1OC)[C@@]1(C)CCC[C@](C)(C(=O)OC)[C@@H]1CC2. The summed E-state index contributed by atoms with van der Waals surface area (Å²) < 4.78 is 10.8. The highest BCUT2D eigenvalue weighted by Gasteiger charge is 2.55. The van der Waals surface area contributed by atoms with Crippen molar-refractivity contribution >= 4 is 17.6 Å². The Hall–Kier alpha value is -2.04. The number of benzene rings is 1. The molecule has 154 valence electrons. The number of nitrogens with one attached hydrogen (secondary N) is 1. The van der Waals surface area contributed by atoms with Crippen molar-refractivity contribution in [2.24, 2.45) is 11.3 Å². The molecular formula is C23H33NO4. The molecule has 2 aliphatic rings. The van der Waals surface area contributed by atoms with Gasteiger partial charge in [0.1, 0.15) is 5.75 Å². The van der Waals surface area contributed by atoms with Crippen molar-refractivity contribution in [1.29, 1.82) is 0 Å². The highest BCUT2D eigenvalue weighted by molar-refractivity contribution is 5.92. The van der Waals surface area contributed by atoms with E-state index in [9.17, 15) is 9.59 Å². The normalized spacial score (nSPS) is 28.7. The maximum atomic E-state index is 12.7. The van der Waals surface area contributed by atoms with Crippen LogP contribution in [0.15, 0.2) is 12.1 Å². The van der Waals surface area contributed by atoms with Gasteiger partial charge < -0.3 is 14.8 Å². The predicted molar refractivity (Wildman–Crippen MR) is 110 cm³/mol. The lowest BCUT2D eigenvalue weighted by Gasteiger charge is -2.54. The van der Waals surface area contributed by atoms with E-state index in [0.29, 0.717) is 12.2 Å². The van der Waals surface area contributed by atoms with Crippen LogP contribution in [0.1, 0.15) is 70.4 Å². The number of hydrogen-bond acceptors (Lipinski definition) is 4. The standard InChI is InChI=1S/C23H33NO4/c1-6-8-20(25)24-17-13-15-9-10-19-22(2,16(15)14-18(17)27-4)11-7-12-23(19,3)21(26)28-5/h13-14,19H,6-12H2,1-5H3,(H,24,25)/t19-,22-,23+/m1/s1. The van der Waals surface area contributed by atoms with E-state index in [4.69, 9.17) is 9.47 Å². The van der Waals surface area contributed by atoms with Gasteiger partial charge in [-0.1, -0.05) is 20.3 Å². The van der Waals surface area contributed by atoms with Gasteiger partial charge >= 0.3 is 5.97 Å². The number of rotatable bonds is 5. The molecular weight excluding hydrogens is 354 g/mol. The Labute approximate surface area is 168 Å². The van der Waals surface area contributed by atoms with Crippen molar-refractivity contribution in [2.75, 3.05) is 19.5 Å². The van der Waals surface area contributed by atoms with Crippen LogP contribution in [0.2, 0.25) is 0 Å². The first kappa shape index (κ1) is 20.7. The van der Waals surface area contributed by atoms with Crippen LogP contribution in [-0.2, 0) is 26.2 Å². The molecule has 0 spiro atoms. The molecule has 0 saturated heterocycles. The fourth-order valence-corrected chi connectivity index (χ4v) is 5.68. The quantitative estimate of drug-likeness (QED) is 0.749. The first-order valence-electron chi connectivity index (χ1n) is 10.4. The minimum absolute atomic E-state index is 0.0107. The second-order valence-corrected chi connectivity index (χ2v) is 8.78. The Morgan fingerprint density at radius 3 is 2.61 bits per heavy atom. The lowest BCUT2D eigenvalue weighted by atomic mass is 9.50. The van der Waals surface area contributed by atoms with Gasteiger partial charge in [0.2, 0.25) is 5.91 Å². The summed E-state index contributed by atoms with van der Waals surface area (Å²) in [7, 11) is 3.13. The molecule has 0 aliphatic heterocycles. The van der Waals surface area contributed by atoms with Crippen molar-refractivity contribution in [3.8, 4) is 5.75 Å². The lowest BCUT2D eigenvalue weighted by molar-refractivity contribution is -0.161. The summed E-state index contributed by atoms with van der Waals surface area (Å²) >= 11 is 0. The number of aryl methyl sites for hydroxylation is 1. The van der Waals surface area contributed by atoms with Crippen molar-refractivity contribution in [3.05, 3.63) is 23.3 Å². The van der Waals surface area contributed by atoms with Crippen LogP contribution in [0.4, 0.5) is 5.69 Å². The molecule has 1 aromatic rings. The summed E-state index contributed by atoms with van der Waals surface area (Å²) in [6.45, 7) is 6.35. The van der Waals surface area contributed by atoms with E-state index in [-0.39, 0.29) is 23.2 Å². The second kappa shape index (κ2) is 7.76. The molecule has 0 bridgehead atoms. The monoisotopic (exact) mass is 387 g/mol. The summed E-state index contributed by atoms with van der Waals surface area (Å²) in [6.07, 6.45) is 6.06.